The summed E-state index contributed by atoms with van der Waals surface area (Å²) in [7, 11) is 0. The first-order chi connectivity index (χ1) is 8.20. The van der Waals surface area contributed by atoms with Crippen molar-refractivity contribution in [2.75, 3.05) is 6.54 Å². The van der Waals surface area contributed by atoms with Gasteiger partial charge in [0.2, 0.25) is 5.82 Å². The van der Waals surface area contributed by atoms with Gasteiger partial charge in [0, 0.05) is 18.2 Å². The Morgan fingerprint density at radius 1 is 1.44 bits per heavy atom. The number of nitrogens with zero attached hydrogens (tertiary/aromatic N) is 1. The molecule has 0 heterocycles. The predicted molar refractivity (Wildman–Crippen MR) is 64.8 cm³/mol. The maximum Gasteiger partial charge on any atom is 0.305 e. The molecule has 0 aliphatic carbocycles. The van der Waals surface area contributed by atoms with Crippen LogP contribution < -0.4 is 5.32 Å². The van der Waals surface area contributed by atoms with E-state index in [-0.39, 0.29) is 11.0 Å². The Kier molecular flexibility index (Phi) is 4.00. The summed E-state index contributed by atoms with van der Waals surface area (Å²) < 4.78 is 13.1. The monoisotopic (exact) mass is 254 g/mol. The van der Waals surface area contributed by atoms with Crippen LogP contribution in [0.1, 0.15) is 31.1 Å². The number of nitro benzene ring substituents is 1. The van der Waals surface area contributed by atoms with Crippen molar-refractivity contribution < 1.29 is 14.1 Å². The molecular formula is C12H15FN2O3. The van der Waals surface area contributed by atoms with Gasteiger partial charge in [0.25, 0.3) is 5.91 Å². The minimum atomic E-state index is -0.952. The smallest absolute Gasteiger partial charge is 0.305 e. The van der Waals surface area contributed by atoms with E-state index in [9.17, 15) is 19.3 Å². The van der Waals surface area contributed by atoms with Gasteiger partial charge in [0.15, 0.2) is 0 Å². The fourth-order valence-electron chi connectivity index (χ4n) is 1.24. The van der Waals surface area contributed by atoms with Crippen LogP contribution in [0.15, 0.2) is 18.2 Å². The molecular weight excluding hydrogens is 239 g/mol. The zero-order valence-corrected chi connectivity index (χ0v) is 10.5. The van der Waals surface area contributed by atoms with Crippen molar-refractivity contribution >= 4 is 11.6 Å². The number of benzene rings is 1. The van der Waals surface area contributed by atoms with Crippen molar-refractivity contribution in [1.82, 2.24) is 5.32 Å². The summed E-state index contributed by atoms with van der Waals surface area (Å²) in [5, 5.41) is 13.2. The first-order valence-electron chi connectivity index (χ1n) is 5.43. The summed E-state index contributed by atoms with van der Waals surface area (Å²) >= 11 is 0. The average Bonchev–Trinajstić information content (AvgIpc) is 2.25. The number of hydrogen-bond acceptors (Lipinski definition) is 3. The standard InChI is InChI=1S/C12H15FN2O3/c1-12(2,3)7-14-11(16)8-4-5-9(13)10(6-8)15(17)18/h4-6H,7H2,1-3H3,(H,14,16). The van der Waals surface area contributed by atoms with Gasteiger partial charge in [-0.25, -0.2) is 0 Å². The molecule has 0 radical (unpaired) electrons. The first kappa shape index (κ1) is 14.1. The van der Waals surface area contributed by atoms with E-state index in [0.717, 1.165) is 12.1 Å². The molecule has 0 bridgehead atoms. The molecule has 5 nitrogen and oxygen atoms in total. The molecule has 1 aromatic carbocycles. The second-order valence-electron chi connectivity index (χ2n) is 5.17. The van der Waals surface area contributed by atoms with Gasteiger partial charge in [0.05, 0.1) is 4.92 Å². The third-order valence-electron chi connectivity index (χ3n) is 2.18. The highest BCUT2D eigenvalue weighted by Crippen LogP contribution is 2.18. The second-order valence-corrected chi connectivity index (χ2v) is 5.17. The number of carbonyl (C=O) groups excluding carboxylic acids is 1. The SMILES string of the molecule is CC(C)(C)CNC(=O)c1ccc(F)c([N+](=O)[O-])c1. The van der Waals surface area contributed by atoms with Crippen LogP contribution in [0, 0.1) is 21.3 Å². The third kappa shape index (κ3) is 3.80. The Balaban J connectivity index is 2.87. The molecule has 1 N–H and O–H groups in total. The molecule has 0 aliphatic rings. The predicted octanol–water partition coefficient (Wildman–Crippen LogP) is 2.51. The zero-order valence-electron chi connectivity index (χ0n) is 10.5. The van der Waals surface area contributed by atoms with Crippen molar-refractivity contribution in [2.45, 2.75) is 20.8 Å². The highest BCUT2D eigenvalue weighted by atomic mass is 19.1. The number of halogens is 1. The molecule has 0 aliphatic heterocycles. The van der Waals surface area contributed by atoms with Crippen LogP contribution >= 0.6 is 0 Å². The maximum atomic E-state index is 13.1. The summed E-state index contributed by atoms with van der Waals surface area (Å²) in [6.45, 7) is 6.26. The maximum absolute atomic E-state index is 13.1. The number of nitrogens with one attached hydrogen (secondary N) is 1. The van der Waals surface area contributed by atoms with E-state index in [1.165, 1.54) is 6.07 Å². The molecule has 0 saturated heterocycles. The lowest BCUT2D eigenvalue weighted by molar-refractivity contribution is -0.387. The summed E-state index contributed by atoms with van der Waals surface area (Å²) in [6, 6.07) is 3.08. The van der Waals surface area contributed by atoms with Crippen LogP contribution in [0.4, 0.5) is 10.1 Å². The van der Waals surface area contributed by atoms with Crippen LogP contribution in [0.5, 0.6) is 0 Å². The molecule has 0 spiro atoms. The Morgan fingerprint density at radius 3 is 2.56 bits per heavy atom. The van der Waals surface area contributed by atoms with Gasteiger partial charge < -0.3 is 5.32 Å². The first-order valence-corrected chi connectivity index (χ1v) is 5.43. The lowest BCUT2D eigenvalue weighted by Gasteiger charge is -2.18. The Bertz CT molecular complexity index is 481. The topological polar surface area (TPSA) is 72.2 Å². The molecule has 1 amide bonds. The molecule has 18 heavy (non-hydrogen) atoms. The van der Waals surface area contributed by atoms with Gasteiger partial charge in [-0.05, 0) is 17.5 Å². The normalized spacial score (nSPS) is 11.1. The van der Waals surface area contributed by atoms with E-state index < -0.39 is 22.3 Å². The average molecular weight is 254 g/mol. The highest BCUT2D eigenvalue weighted by molar-refractivity contribution is 5.94. The van der Waals surface area contributed by atoms with E-state index in [4.69, 9.17) is 0 Å². The number of nitro groups is 1. The van der Waals surface area contributed by atoms with Crippen molar-refractivity contribution in [2.24, 2.45) is 5.41 Å². The van der Waals surface area contributed by atoms with E-state index in [1.807, 2.05) is 20.8 Å². The molecule has 0 unspecified atom stereocenters. The minimum Gasteiger partial charge on any atom is -0.352 e. The number of carbonyl (C=O) groups is 1. The largest absolute Gasteiger partial charge is 0.352 e. The molecule has 0 saturated carbocycles. The summed E-state index contributed by atoms with van der Waals surface area (Å²) in [6.07, 6.45) is 0. The molecule has 0 aromatic heterocycles. The minimum absolute atomic E-state index is 0.0763. The lowest BCUT2D eigenvalue weighted by Crippen LogP contribution is -2.32. The van der Waals surface area contributed by atoms with Crippen molar-refractivity contribution in [3.05, 3.63) is 39.7 Å². The number of hydrogen-bond donors (Lipinski definition) is 1. The van der Waals surface area contributed by atoms with Crippen molar-refractivity contribution in [3.63, 3.8) is 0 Å². The Morgan fingerprint density at radius 2 is 2.06 bits per heavy atom. The van der Waals surface area contributed by atoms with E-state index in [2.05, 4.69) is 5.32 Å². The van der Waals surface area contributed by atoms with Crippen LogP contribution in [0.3, 0.4) is 0 Å². The van der Waals surface area contributed by atoms with Crippen LogP contribution in [-0.4, -0.2) is 17.4 Å². The van der Waals surface area contributed by atoms with Gasteiger partial charge in [-0.1, -0.05) is 20.8 Å². The Labute approximate surface area is 104 Å². The molecule has 1 rings (SSSR count). The Hall–Kier alpha value is -1.98. The van der Waals surface area contributed by atoms with E-state index in [0.29, 0.717) is 6.54 Å². The fourth-order valence-corrected chi connectivity index (χ4v) is 1.24. The zero-order chi connectivity index (χ0) is 13.9. The molecule has 6 heteroatoms. The summed E-state index contributed by atoms with van der Waals surface area (Å²) in [5.41, 5.74) is -0.715. The fraction of sp³-hybridized carbons (Fsp3) is 0.417. The van der Waals surface area contributed by atoms with Crippen molar-refractivity contribution in [3.8, 4) is 0 Å². The second kappa shape index (κ2) is 5.12. The van der Waals surface area contributed by atoms with Crippen LogP contribution in [0.2, 0.25) is 0 Å². The lowest BCUT2D eigenvalue weighted by atomic mass is 9.97. The summed E-state index contributed by atoms with van der Waals surface area (Å²) in [5.74, 6) is -1.40. The molecule has 0 atom stereocenters. The quantitative estimate of drug-likeness (QED) is 0.665. The van der Waals surface area contributed by atoms with Crippen LogP contribution in [0.25, 0.3) is 0 Å². The van der Waals surface area contributed by atoms with Crippen molar-refractivity contribution in [1.29, 1.82) is 0 Å². The molecule has 0 fully saturated rings. The van der Waals surface area contributed by atoms with Gasteiger partial charge in [0.1, 0.15) is 0 Å². The van der Waals surface area contributed by atoms with E-state index >= 15 is 0 Å². The van der Waals surface area contributed by atoms with Gasteiger partial charge in [-0.15, -0.1) is 0 Å². The highest BCUT2D eigenvalue weighted by Gasteiger charge is 2.18. The van der Waals surface area contributed by atoms with Gasteiger partial charge in [-0.3, -0.25) is 14.9 Å². The molecule has 98 valence electrons. The molecule has 1 aromatic rings. The number of amides is 1. The van der Waals surface area contributed by atoms with E-state index in [1.54, 1.807) is 0 Å². The summed E-state index contributed by atoms with van der Waals surface area (Å²) in [4.78, 5) is 21.4. The van der Waals surface area contributed by atoms with Gasteiger partial charge >= 0.3 is 5.69 Å². The number of rotatable bonds is 3. The third-order valence-corrected chi connectivity index (χ3v) is 2.18. The van der Waals surface area contributed by atoms with Gasteiger partial charge in [-0.2, -0.15) is 4.39 Å². The van der Waals surface area contributed by atoms with Crippen LogP contribution in [-0.2, 0) is 0 Å².